The molecule has 7 rings (SSSR count). The molecule has 6 unspecified atom stereocenters. The summed E-state index contributed by atoms with van der Waals surface area (Å²) in [6.07, 6.45) is -0.684. The van der Waals surface area contributed by atoms with Gasteiger partial charge >= 0.3 is 23.9 Å². The number of benzene rings is 4. The fourth-order valence-electron chi connectivity index (χ4n) is 9.74. The first-order chi connectivity index (χ1) is 40.4. The molecule has 26 heteroatoms. The summed E-state index contributed by atoms with van der Waals surface area (Å²) >= 11 is 0. The summed E-state index contributed by atoms with van der Waals surface area (Å²) in [5, 5.41) is 24.1. The molecule has 1 aliphatic rings. The van der Waals surface area contributed by atoms with Gasteiger partial charge in [0.25, 0.3) is 5.56 Å². The van der Waals surface area contributed by atoms with Gasteiger partial charge in [0.05, 0.1) is 51.5 Å². The van der Waals surface area contributed by atoms with Gasteiger partial charge in [0.2, 0.25) is 26.7 Å². The number of esters is 4. The Hall–Kier alpha value is -7.40. The molecule has 0 radical (unpaired) electrons. The number of nitrogens with zero attached hydrogens (tertiary/aromatic N) is 4. The fourth-order valence-corrected chi connectivity index (χ4v) is 14.0. The Morgan fingerprint density at radius 1 is 0.631 bits per heavy atom. The zero-order chi connectivity index (χ0) is 60.2. The minimum atomic E-state index is -4.65. The molecule has 24 nitrogen and oxygen atoms in total. The number of ether oxygens (including phenoxy) is 5. The van der Waals surface area contributed by atoms with Crippen molar-refractivity contribution in [3.63, 3.8) is 0 Å². The lowest BCUT2D eigenvalue weighted by Gasteiger charge is -2.32. The molecule has 0 saturated carbocycles. The minimum Gasteiger partial charge on any atom is -0.465 e. The number of aromatic nitrogens is 4. The number of carbonyl (C=O) groups excluding carboxylic acids is 5. The Bertz CT molecular complexity index is 3150. The van der Waals surface area contributed by atoms with Crippen molar-refractivity contribution in [1.29, 1.82) is 0 Å². The zero-order valence-corrected chi connectivity index (χ0v) is 49.2. The van der Waals surface area contributed by atoms with E-state index in [0.717, 1.165) is 0 Å². The van der Waals surface area contributed by atoms with E-state index in [0.29, 0.717) is 22.3 Å². The van der Waals surface area contributed by atoms with Crippen LogP contribution in [0.1, 0.15) is 62.4 Å². The van der Waals surface area contributed by atoms with Crippen LogP contribution in [0.15, 0.2) is 132 Å². The molecule has 2 aromatic heterocycles. The highest BCUT2D eigenvalue weighted by molar-refractivity contribution is 7.60. The van der Waals surface area contributed by atoms with Crippen LogP contribution in [0.2, 0.25) is 0 Å². The van der Waals surface area contributed by atoms with Gasteiger partial charge in [-0.2, -0.15) is 4.98 Å². The second-order valence-corrected chi connectivity index (χ2v) is 24.7. The number of hydrogen-bond donors (Lipinski definition) is 7. The number of hydrogen-bond acceptors (Lipinski definition) is 17. The number of fused-ring (bicyclic) bond motifs is 1. The summed E-state index contributed by atoms with van der Waals surface area (Å²) in [6.45, 7) is 5.33. The molecule has 6 aromatic rings. The van der Waals surface area contributed by atoms with E-state index in [1.807, 2.05) is 12.1 Å². The van der Waals surface area contributed by atoms with Crippen molar-refractivity contribution in [1.82, 2.24) is 44.8 Å². The first-order valence-electron chi connectivity index (χ1n) is 27.9. The molecular weight excluding hydrogens is 1120 g/mol. The van der Waals surface area contributed by atoms with Crippen LogP contribution in [0, 0.1) is 0 Å². The maximum atomic E-state index is 15.8. The smallest absolute Gasteiger partial charge is 0.323 e. The number of rotatable bonds is 32. The molecule has 1 aliphatic heterocycles. The summed E-state index contributed by atoms with van der Waals surface area (Å²) < 4.78 is 61.2. The van der Waals surface area contributed by atoms with Crippen molar-refractivity contribution >= 4 is 61.8 Å². The number of amides is 1. The maximum Gasteiger partial charge on any atom is 0.323 e. The van der Waals surface area contributed by atoms with Crippen molar-refractivity contribution in [2.45, 2.75) is 102 Å². The number of nitrogens with two attached hydrogens (primary N) is 1. The molecule has 450 valence electrons. The highest BCUT2D eigenvalue weighted by atomic mass is 31.2. The highest BCUT2D eigenvalue weighted by Crippen LogP contribution is 2.45. The van der Waals surface area contributed by atoms with Crippen LogP contribution in [0.25, 0.3) is 11.2 Å². The Morgan fingerprint density at radius 3 is 1.42 bits per heavy atom. The molecule has 1 amide bonds. The summed E-state index contributed by atoms with van der Waals surface area (Å²) in [7, 11) is -8.87. The van der Waals surface area contributed by atoms with E-state index in [-0.39, 0.29) is 82.3 Å². The summed E-state index contributed by atoms with van der Waals surface area (Å²) in [5.74, 6) is -5.84. The predicted molar refractivity (Wildman–Crippen MR) is 313 cm³/mol. The number of nitrogens with one attached hydrogen (secondary N) is 5. The second-order valence-electron chi connectivity index (χ2n) is 19.9. The van der Waals surface area contributed by atoms with Gasteiger partial charge in [-0.05, 0) is 75.6 Å². The van der Waals surface area contributed by atoms with Crippen LogP contribution in [0.3, 0.4) is 0 Å². The Balaban J connectivity index is 1.21. The normalized spacial score (nSPS) is 17.4. The van der Waals surface area contributed by atoms with E-state index in [2.05, 4.69) is 35.3 Å². The van der Waals surface area contributed by atoms with E-state index < -0.39 is 112 Å². The van der Waals surface area contributed by atoms with Crippen LogP contribution in [0.4, 0.5) is 5.95 Å². The molecule has 1 saturated heterocycles. The standard InChI is InChI=1S/C58H74N10O14P2/c1-5-78-54(72)43(31-39-21-13-9-14-22-39)63-83(76,64-44(55(73)79-6-2)32-40-23-15-10-16-24-40)30-29-49(69)67-35-47(68-38-60-51-52(68)61-58(59)62-53(51)71)48(36-67)82-37-50(70)84(77,65-45(56(74)80-7-3)33-41-25-17-11-18-26-41)66-46(57(75)81-8-4)34-42-27-19-12-20-28-42/h9-28,38,43-48,50,70H,5-8,29-37H2,1-4H3,(H2,63,64,76)(H2,65,66,77)(H3,59,61,62,71)/t43?,44?,45?,46?,47?,48-,50?,83?,84?/m1/s1. The van der Waals surface area contributed by atoms with E-state index in [4.69, 9.17) is 29.4 Å². The Kier molecular flexibility index (Phi) is 23.6. The topological polar surface area (TPSA) is 327 Å². The van der Waals surface area contributed by atoms with Crippen molar-refractivity contribution in [3.8, 4) is 0 Å². The van der Waals surface area contributed by atoms with Crippen LogP contribution in [-0.4, -0.2) is 148 Å². The number of nitrogen functional groups attached to an aromatic ring is 1. The highest BCUT2D eigenvalue weighted by Gasteiger charge is 2.44. The molecule has 7 atom stereocenters. The van der Waals surface area contributed by atoms with Gasteiger partial charge in [-0.1, -0.05) is 121 Å². The van der Waals surface area contributed by atoms with Crippen molar-refractivity contribution in [2.24, 2.45) is 0 Å². The third kappa shape index (κ3) is 17.8. The number of imidazole rings is 1. The zero-order valence-electron chi connectivity index (χ0n) is 47.4. The second kappa shape index (κ2) is 30.9. The lowest BCUT2D eigenvalue weighted by Crippen LogP contribution is -2.49. The van der Waals surface area contributed by atoms with E-state index >= 15 is 9.13 Å². The molecule has 0 aliphatic carbocycles. The monoisotopic (exact) mass is 1200 g/mol. The van der Waals surface area contributed by atoms with Gasteiger partial charge in [0, 0.05) is 25.7 Å². The lowest BCUT2D eigenvalue weighted by atomic mass is 10.1. The first-order valence-corrected chi connectivity index (χ1v) is 31.5. The summed E-state index contributed by atoms with van der Waals surface area (Å²) in [6, 6.07) is 29.6. The van der Waals surface area contributed by atoms with Crippen LogP contribution < -0.4 is 31.6 Å². The molecule has 1 fully saturated rings. The molecule has 8 N–H and O–H groups in total. The number of aliphatic hydroxyl groups is 1. The average molecular weight is 1200 g/mol. The minimum absolute atomic E-state index is 0.00981. The molecule has 4 aromatic carbocycles. The number of aliphatic hydroxyl groups excluding tert-OH is 1. The number of H-pyrrole nitrogens is 1. The van der Waals surface area contributed by atoms with Gasteiger partial charge in [-0.3, -0.25) is 42.9 Å². The number of aromatic amines is 1. The van der Waals surface area contributed by atoms with E-state index in [9.17, 15) is 33.9 Å². The summed E-state index contributed by atoms with van der Waals surface area (Å²) in [4.78, 5) is 95.3. The third-order valence-corrected chi connectivity index (χ3v) is 18.4. The Morgan fingerprint density at radius 2 is 1.02 bits per heavy atom. The number of carbonyl (C=O) groups is 5. The molecule has 0 spiro atoms. The van der Waals surface area contributed by atoms with Crippen molar-refractivity contribution in [2.75, 3.05) is 58.0 Å². The molecule has 0 bridgehead atoms. The number of anilines is 1. The van der Waals surface area contributed by atoms with Crippen LogP contribution >= 0.6 is 14.9 Å². The van der Waals surface area contributed by atoms with Crippen LogP contribution in [0.5, 0.6) is 0 Å². The molecular formula is C58H74N10O14P2. The maximum absolute atomic E-state index is 15.8. The summed E-state index contributed by atoms with van der Waals surface area (Å²) in [5.41, 5.74) is 8.05. The average Bonchev–Trinajstić information content (AvgIpc) is 2.39. The number of likely N-dealkylation sites (tertiary alicyclic amines) is 1. The van der Waals surface area contributed by atoms with Crippen molar-refractivity contribution in [3.05, 3.63) is 160 Å². The van der Waals surface area contributed by atoms with Crippen molar-refractivity contribution < 1.29 is 61.9 Å². The SMILES string of the molecule is CCOC(=O)C(Cc1ccccc1)NP(=O)(CCC(=O)N1CC(n2cnc3c(=O)[nH]c(N)nc32)[C@H](OCC(O)P(=O)(NC(Cc2ccccc2)C(=O)OCC)NC(Cc2ccccc2)C(=O)OCC)C1)NC(Cc1ccccc1)C(=O)OCC. The quantitative estimate of drug-likeness (QED) is 0.0172. The molecule has 84 heavy (non-hydrogen) atoms. The first kappa shape index (κ1) is 64.2. The van der Waals surface area contributed by atoms with Gasteiger partial charge < -0.3 is 44.0 Å². The van der Waals surface area contributed by atoms with Gasteiger partial charge in [0.1, 0.15) is 24.2 Å². The molecule has 3 heterocycles. The van der Waals surface area contributed by atoms with Gasteiger partial charge in [-0.15, -0.1) is 0 Å². The van der Waals surface area contributed by atoms with Crippen LogP contribution in [-0.2, 0) is 82.5 Å². The van der Waals surface area contributed by atoms with E-state index in [1.165, 1.54) is 15.8 Å². The van der Waals surface area contributed by atoms with E-state index in [1.54, 1.807) is 137 Å². The lowest BCUT2D eigenvalue weighted by molar-refractivity contribution is -0.146. The van der Waals surface area contributed by atoms with Gasteiger partial charge in [0.15, 0.2) is 17.0 Å². The van der Waals surface area contributed by atoms with Gasteiger partial charge in [-0.25, -0.2) is 25.3 Å². The largest absolute Gasteiger partial charge is 0.465 e. The third-order valence-electron chi connectivity index (χ3n) is 13.8. The predicted octanol–water partition coefficient (Wildman–Crippen LogP) is 4.62. The fraction of sp³-hybridized carbons (Fsp3) is 0.414. The Labute approximate surface area is 486 Å².